The summed E-state index contributed by atoms with van der Waals surface area (Å²) in [5.41, 5.74) is 7.02. The van der Waals surface area contributed by atoms with Gasteiger partial charge in [-0.2, -0.15) is 0 Å². The predicted octanol–water partition coefficient (Wildman–Crippen LogP) is 6.14. The summed E-state index contributed by atoms with van der Waals surface area (Å²) in [5.74, 6) is 0.463. The number of rotatable bonds is 3. The van der Waals surface area contributed by atoms with E-state index in [4.69, 9.17) is 11.0 Å². The van der Waals surface area contributed by atoms with Crippen molar-refractivity contribution >= 4 is 27.6 Å². The molecule has 0 N–H and O–H groups in total. The smallest absolute Gasteiger partial charge is 0.212 e. The van der Waals surface area contributed by atoms with Gasteiger partial charge in [0.25, 0.3) is 0 Å². The van der Waals surface area contributed by atoms with Crippen molar-refractivity contribution in [3.8, 4) is 11.3 Å². The monoisotopic (exact) mass is 355 g/mol. The number of furan rings is 1. The average molecular weight is 355 g/mol. The van der Waals surface area contributed by atoms with Gasteiger partial charge >= 0.3 is 0 Å². The fraction of sp³-hybridized carbons (Fsp3) is 0.250. The van der Waals surface area contributed by atoms with E-state index in [2.05, 4.69) is 67.7 Å². The molecule has 134 valence electrons. The summed E-state index contributed by atoms with van der Waals surface area (Å²) in [6, 6.07) is 14.5. The fourth-order valence-corrected chi connectivity index (χ4v) is 3.82. The van der Waals surface area contributed by atoms with Crippen LogP contribution in [0.3, 0.4) is 0 Å². The van der Waals surface area contributed by atoms with Crippen LogP contribution >= 0.6 is 0 Å². The number of fused-ring (bicyclic) bond motifs is 3. The number of nitrogens with zero attached hydrogens (tertiary/aromatic N) is 2. The van der Waals surface area contributed by atoms with Crippen LogP contribution in [0.1, 0.15) is 25.0 Å². The second kappa shape index (κ2) is 6.55. The van der Waals surface area contributed by atoms with E-state index in [1.165, 1.54) is 16.8 Å². The minimum atomic E-state index is 0.463. The Hall–Kier alpha value is -3.12. The minimum absolute atomic E-state index is 0.463. The summed E-state index contributed by atoms with van der Waals surface area (Å²) in [6.45, 7) is 14.0. The maximum Gasteiger partial charge on any atom is 0.212 e. The molecule has 3 heteroatoms. The Morgan fingerprint density at radius 1 is 1.11 bits per heavy atom. The van der Waals surface area contributed by atoms with Crippen molar-refractivity contribution in [1.82, 2.24) is 0 Å². The van der Waals surface area contributed by atoms with Crippen LogP contribution in [0.5, 0.6) is 0 Å². The van der Waals surface area contributed by atoms with Crippen LogP contribution in [0, 0.1) is 19.4 Å². The highest BCUT2D eigenvalue weighted by Gasteiger charge is 2.19. The third-order valence-corrected chi connectivity index (χ3v) is 5.13. The molecule has 0 saturated carbocycles. The van der Waals surface area contributed by atoms with Crippen molar-refractivity contribution in [3.05, 3.63) is 71.2 Å². The van der Waals surface area contributed by atoms with E-state index in [1.54, 1.807) is 0 Å². The molecule has 4 aromatic rings. The summed E-state index contributed by atoms with van der Waals surface area (Å²) in [7, 11) is 2.06. The summed E-state index contributed by atoms with van der Waals surface area (Å²) >= 11 is 0. The van der Waals surface area contributed by atoms with Crippen LogP contribution < -0.4 is 4.57 Å². The first kappa shape index (κ1) is 17.3. The normalized spacial score (nSPS) is 11.4. The fourth-order valence-electron chi connectivity index (χ4n) is 3.82. The van der Waals surface area contributed by atoms with Gasteiger partial charge in [0.1, 0.15) is 18.2 Å². The highest BCUT2D eigenvalue weighted by molar-refractivity contribution is 6.08. The van der Waals surface area contributed by atoms with E-state index < -0.39 is 0 Å². The molecule has 2 heterocycles. The van der Waals surface area contributed by atoms with Crippen LogP contribution in [0.2, 0.25) is 0 Å². The van der Waals surface area contributed by atoms with Crippen LogP contribution in [0.4, 0.5) is 5.69 Å². The molecule has 27 heavy (non-hydrogen) atoms. The van der Waals surface area contributed by atoms with E-state index in [1.807, 2.05) is 18.2 Å². The third kappa shape index (κ3) is 2.88. The standard InChI is InChI=1S/C24H23N2O/c1-15(2)12-20-21(25-4)10-9-17-19-14-18(22-8-6-7-11-26(22)5)16(3)13-23(19)27-24(17)20/h6-11,13-15H,12H2,1-3,5H3/q+1. The number of benzene rings is 2. The van der Waals surface area contributed by atoms with Gasteiger partial charge in [-0.05, 0) is 43.0 Å². The van der Waals surface area contributed by atoms with Crippen molar-refractivity contribution in [2.75, 3.05) is 0 Å². The van der Waals surface area contributed by atoms with Crippen LogP contribution in [-0.2, 0) is 13.5 Å². The predicted molar refractivity (Wildman–Crippen MR) is 110 cm³/mol. The average Bonchev–Trinajstić information content (AvgIpc) is 2.99. The van der Waals surface area contributed by atoms with Crippen molar-refractivity contribution in [3.63, 3.8) is 0 Å². The quantitative estimate of drug-likeness (QED) is 0.320. The first-order valence-corrected chi connectivity index (χ1v) is 9.31. The van der Waals surface area contributed by atoms with Crippen LogP contribution in [0.15, 0.2) is 53.1 Å². The molecule has 2 aromatic carbocycles. The Labute approximate surface area is 159 Å². The SMILES string of the molecule is [C-]#[N+]c1ccc2c(oc3cc(C)c(-c4cccc[n+]4C)cc32)c1CC(C)C. The Morgan fingerprint density at radius 3 is 2.63 bits per heavy atom. The molecule has 0 radical (unpaired) electrons. The molecule has 0 fully saturated rings. The number of hydrogen-bond acceptors (Lipinski definition) is 1. The van der Waals surface area contributed by atoms with E-state index in [-0.39, 0.29) is 0 Å². The van der Waals surface area contributed by atoms with Crippen LogP contribution in [0.25, 0.3) is 38.0 Å². The maximum absolute atomic E-state index is 7.52. The molecule has 0 aliphatic carbocycles. The lowest BCUT2D eigenvalue weighted by Crippen LogP contribution is -2.30. The summed E-state index contributed by atoms with van der Waals surface area (Å²) < 4.78 is 8.42. The number of aryl methyl sites for hydroxylation is 2. The van der Waals surface area contributed by atoms with Gasteiger partial charge in [-0.3, -0.25) is 0 Å². The molecule has 0 atom stereocenters. The molecule has 0 unspecified atom stereocenters. The lowest BCUT2D eigenvalue weighted by molar-refractivity contribution is -0.660. The molecule has 0 aliphatic heterocycles. The molecule has 0 amide bonds. The van der Waals surface area contributed by atoms with Gasteiger partial charge in [0.05, 0.1) is 6.57 Å². The molecule has 0 bridgehead atoms. The summed E-state index contributed by atoms with van der Waals surface area (Å²) in [5, 5.41) is 2.20. The molecule has 4 rings (SSSR count). The van der Waals surface area contributed by atoms with Gasteiger partial charge in [-0.15, -0.1) is 0 Å². The zero-order valence-corrected chi connectivity index (χ0v) is 16.2. The minimum Gasteiger partial charge on any atom is -0.457 e. The zero-order chi connectivity index (χ0) is 19.1. The van der Waals surface area contributed by atoms with E-state index in [0.717, 1.165) is 33.9 Å². The van der Waals surface area contributed by atoms with Crippen molar-refractivity contribution in [2.24, 2.45) is 13.0 Å². The number of hydrogen-bond donors (Lipinski definition) is 0. The number of aromatic nitrogens is 1. The summed E-state index contributed by atoms with van der Waals surface area (Å²) in [4.78, 5) is 3.72. The highest BCUT2D eigenvalue weighted by atomic mass is 16.3. The second-order valence-corrected chi connectivity index (χ2v) is 7.61. The Bertz CT molecular complexity index is 1210. The largest absolute Gasteiger partial charge is 0.457 e. The zero-order valence-electron chi connectivity index (χ0n) is 16.2. The highest BCUT2D eigenvalue weighted by Crippen LogP contribution is 2.39. The van der Waals surface area contributed by atoms with Crippen molar-refractivity contribution in [1.29, 1.82) is 0 Å². The van der Waals surface area contributed by atoms with Gasteiger partial charge in [0, 0.05) is 34.0 Å². The second-order valence-electron chi connectivity index (χ2n) is 7.61. The van der Waals surface area contributed by atoms with Crippen molar-refractivity contribution < 1.29 is 8.98 Å². The van der Waals surface area contributed by atoms with Gasteiger partial charge < -0.3 is 4.42 Å². The first-order chi connectivity index (χ1) is 13.0. The van der Waals surface area contributed by atoms with Crippen molar-refractivity contribution in [2.45, 2.75) is 27.2 Å². The molecule has 0 saturated heterocycles. The maximum atomic E-state index is 7.52. The molecular formula is C24H23N2O+. The lowest BCUT2D eigenvalue weighted by Gasteiger charge is -2.07. The molecule has 3 nitrogen and oxygen atoms in total. The van der Waals surface area contributed by atoms with E-state index >= 15 is 0 Å². The van der Waals surface area contributed by atoms with Gasteiger partial charge in [0.2, 0.25) is 5.69 Å². The topological polar surface area (TPSA) is 21.4 Å². The van der Waals surface area contributed by atoms with E-state index in [0.29, 0.717) is 11.6 Å². The van der Waals surface area contributed by atoms with Crippen LogP contribution in [-0.4, -0.2) is 0 Å². The van der Waals surface area contributed by atoms with Gasteiger partial charge in [0.15, 0.2) is 11.9 Å². The molecule has 0 spiro atoms. The van der Waals surface area contributed by atoms with Gasteiger partial charge in [-0.25, -0.2) is 9.41 Å². The van der Waals surface area contributed by atoms with Gasteiger partial charge in [-0.1, -0.05) is 26.0 Å². The Kier molecular flexibility index (Phi) is 4.20. The third-order valence-electron chi connectivity index (χ3n) is 5.13. The van der Waals surface area contributed by atoms with E-state index in [9.17, 15) is 0 Å². The Balaban J connectivity index is 2.03. The first-order valence-electron chi connectivity index (χ1n) is 9.31. The molecule has 2 aromatic heterocycles. The summed E-state index contributed by atoms with van der Waals surface area (Å²) in [6.07, 6.45) is 2.91. The lowest BCUT2D eigenvalue weighted by atomic mass is 9.97. The number of pyridine rings is 1. The Morgan fingerprint density at radius 2 is 1.93 bits per heavy atom. The molecular weight excluding hydrogens is 332 g/mol. The molecule has 0 aliphatic rings.